The van der Waals surface area contributed by atoms with Crippen LogP contribution in [0.15, 0.2) is 0 Å². The molecule has 106 valence electrons. The van der Waals surface area contributed by atoms with Gasteiger partial charge in [0.2, 0.25) is 0 Å². The summed E-state index contributed by atoms with van der Waals surface area (Å²) in [5.74, 6) is -0.768. The van der Waals surface area contributed by atoms with Gasteiger partial charge in [0.05, 0.1) is 5.37 Å². The average molecular weight is 296 g/mol. The molecule has 0 aromatic carbocycles. The third-order valence-corrected chi connectivity index (χ3v) is 5.79. The Morgan fingerprint density at radius 3 is 2.61 bits per heavy atom. The van der Waals surface area contributed by atoms with Crippen molar-refractivity contribution in [1.82, 2.24) is 9.03 Å². The SMILES string of the molecule is CCCNS(=O)(=O)N1C(CCC)SCC1C(=O)O. The molecule has 1 saturated heterocycles. The fourth-order valence-electron chi connectivity index (χ4n) is 1.82. The molecule has 0 saturated carbocycles. The molecule has 1 heterocycles. The number of carboxylic acid groups (broad SMARTS) is 1. The van der Waals surface area contributed by atoms with Crippen LogP contribution < -0.4 is 4.72 Å². The number of nitrogens with zero attached hydrogens (tertiary/aromatic N) is 1. The molecule has 0 aromatic heterocycles. The van der Waals surface area contributed by atoms with E-state index >= 15 is 0 Å². The first-order valence-corrected chi connectivity index (χ1v) is 8.55. The summed E-state index contributed by atoms with van der Waals surface area (Å²) in [6, 6.07) is -0.957. The van der Waals surface area contributed by atoms with Crippen molar-refractivity contribution in [3.63, 3.8) is 0 Å². The van der Waals surface area contributed by atoms with Crippen LogP contribution in [0.4, 0.5) is 0 Å². The van der Waals surface area contributed by atoms with E-state index in [0.717, 1.165) is 10.7 Å². The maximum Gasteiger partial charge on any atom is 0.322 e. The number of rotatable bonds is 7. The van der Waals surface area contributed by atoms with Crippen molar-refractivity contribution in [2.24, 2.45) is 0 Å². The molecule has 1 aliphatic rings. The largest absolute Gasteiger partial charge is 0.480 e. The second-order valence-corrected chi connectivity index (χ2v) is 7.03. The van der Waals surface area contributed by atoms with Crippen molar-refractivity contribution >= 4 is 27.9 Å². The van der Waals surface area contributed by atoms with Gasteiger partial charge in [-0.2, -0.15) is 12.7 Å². The van der Waals surface area contributed by atoms with Gasteiger partial charge in [-0.25, -0.2) is 4.72 Å². The van der Waals surface area contributed by atoms with Gasteiger partial charge in [0.25, 0.3) is 10.2 Å². The number of carboxylic acids is 1. The lowest BCUT2D eigenvalue weighted by Gasteiger charge is -2.26. The molecule has 0 bridgehead atoms. The van der Waals surface area contributed by atoms with Gasteiger partial charge < -0.3 is 5.11 Å². The van der Waals surface area contributed by atoms with E-state index < -0.39 is 22.2 Å². The second kappa shape index (κ2) is 6.74. The molecule has 2 atom stereocenters. The Kier molecular flexibility index (Phi) is 5.90. The smallest absolute Gasteiger partial charge is 0.322 e. The number of carbonyl (C=O) groups is 1. The summed E-state index contributed by atoms with van der Waals surface area (Å²) in [4.78, 5) is 11.1. The highest BCUT2D eigenvalue weighted by atomic mass is 32.2. The summed E-state index contributed by atoms with van der Waals surface area (Å²) in [6.45, 7) is 4.15. The Bertz CT molecular complexity index is 385. The lowest BCUT2D eigenvalue weighted by molar-refractivity contribution is -0.140. The van der Waals surface area contributed by atoms with Crippen molar-refractivity contribution in [3.05, 3.63) is 0 Å². The highest BCUT2D eigenvalue weighted by molar-refractivity contribution is 8.01. The molecule has 1 aliphatic heterocycles. The van der Waals surface area contributed by atoms with Crippen molar-refractivity contribution < 1.29 is 18.3 Å². The maximum atomic E-state index is 12.1. The summed E-state index contributed by atoms with van der Waals surface area (Å²) in [7, 11) is -3.71. The van der Waals surface area contributed by atoms with Crippen LogP contribution in [0.1, 0.15) is 33.1 Å². The molecule has 0 aliphatic carbocycles. The average Bonchev–Trinajstić information content (AvgIpc) is 2.71. The summed E-state index contributed by atoms with van der Waals surface area (Å²) >= 11 is 1.40. The van der Waals surface area contributed by atoms with Gasteiger partial charge in [0.1, 0.15) is 6.04 Å². The molecule has 0 aromatic rings. The fraction of sp³-hybridized carbons (Fsp3) is 0.900. The Morgan fingerprint density at radius 2 is 2.11 bits per heavy atom. The summed E-state index contributed by atoms with van der Waals surface area (Å²) in [5.41, 5.74) is 0. The fourth-order valence-corrected chi connectivity index (χ4v) is 5.36. The van der Waals surface area contributed by atoms with E-state index in [9.17, 15) is 13.2 Å². The number of nitrogens with one attached hydrogen (secondary N) is 1. The third-order valence-electron chi connectivity index (χ3n) is 2.67. The van der Waals surface area contributed by atoms with E-state index in [0.29, 0.717) is 25.1 Å². The molecule has 1 rings (SSSR count). The minimum absolute atomic E-state index is 0.273. The first kappa shape index (κ1) is 15.7. The Balaban J connectivity index is 2.92. The minimum atomic E-state index is -3.71. The van der Waals surface area contributed by atoms with E-state index in [1.165, 1.54) is 11.8 Å². The normalized spacial score (nSPS) is 25.4. The van der Waals surface area contributed by atoms with Crippen LogP contribution in [0.2, 0.25) is 0 Å². The molecule has 8 heteroatoms. The zero-order valence-corrected chi connectivity index (χ0v) is 12.3. The van der Waals surface area contributed by atoms with Gasteiger partial charge in [0.15, 0.2) is 0 Å². The lowest BCUT2D eigenvalue weighted by Crippen LogP contribution is -2.50. The Hall–Kier alpha value is -0.310. The number of hydrogen-bond donors (Lipinski definition) is 2. The topological polar surface area (TPSA) is 86.7 Å². The third kappa shape index (κ3) is 3.59. The standard InChI is InChI=1S/C10H20N2O4S2/c1-3-5-9-12(8(7-17-9)10(13)14)18(15,16)11-6-4-2/h8-9,11H,3-7H2,1-2H3,(H,13,14). The first-order valence-electron chi connectivity index (χ1n) is 6.06. The van der Waals surface area contributed by atoms with Crippen LogP contribution in [-0.4, -0.2) is 47.5 Å². The van der Waals surface area contributed by atoms with Gasteiger partial charge in [-0.3, -0.25) is 4.79 Å². The highest BCUT2D eigenvalue weighted by Crippen LogP contribution is 2.34. The zero-order chi connectivity index (χ0) is 13.8. The van der Waals surface area contributed by atoms with E-state index in [4.69, 9.17) is 5.11 Å². The molecule has 0 radical (unpaired) electrons. The van der Waals surface area contributed by atoms with Crippen molar-refractivity contribution in [1.29, 1.82) is 0 Å². The molecule has 6 nitrogen and oxygen atoms in total. The Labute approximate surface area is 112 Å². The molecule has 0 spiro atoms. The molecular formula is C10H20N2O4S2. The van der Waals surface area contributed by atoms with Crippen LogP contribution in [0.3, 0.4) is 0 Å². The van der Waals surface area contributed by atoms with E-state index in [1.54, 1.807) is 0 Å². The van der Waals surface area contributed by atoms with Crippen LogP contribution in [0.25, 0.3) is 0 Å². The molecule has 0 amide bonds. The van der Waals surface area contributed by atoms with Crippen LogP contribution in [0.5, 0.6) is 0 Å². The van der Waals surface area contributed by atoms with Gasteiger partial charge >= 0.3 is 5.97 Å². The summed E-state index contributed by atoms with van der Waals surface area (Å²) < 4.78 is 27.8. The first-order chi connectivity index (χ1) is 8.44. The Morgan fingerprint density at radius 1 is 1.44 bits per heavy atom. The molecule has 2 N–H and O–H groups in total. The number of thioether (sulfide) groups is 1. The number of aliphatic carboxylic acids is 1. The van der Waals surface area contributed by atoms with Crippen molar-refractivity contribution in [2.75, 3.05) is 12.3 Å². The van der Waals surface area contributed by atoms with Crippen LogP contribution >= 0.6 is 11.8 Å². The predicted octanol–water partition coefficient (Wildman–Crippen LogP) is 0.859. The van der Waals surface area contributed by atoms with Gasteiger partial charge in [-0.1, -0.05) is 20.3 Å². The van der Waals surface area contributed by atoms with Crippen LogP contribution in [0, 0.1) is 0 Å². The summed E-state index contributed by atoms with van der Waals surface area (Å²) in [6.07, 6.45) is 2.17. The van der Waals surface area contributed by atoms with Gasteiger partial charge in [-0.15, -0.1) is 11.8 Å². The monoisotopic (exact) mass is 296 g/mol. The van der Waals surface area contributed by atoms with Crippen molar-refractivity contribution in [3.8, 4) is 0 Å². The number of hydrogen-bond acceptors (Lipinski definition) is 4. The lowest BCUT2D eigenvalue weighted by atomic mass is 10.3. The molecule has 18 heavy (non-hydrogen) atoms. The zero-order valence-electron chi connectivity index (χ0n) is 10.6. The molecular weight excluding hydrogens is 276 g/mol. The minimum Gasteiger partial charge on any atom is -0.480 e. The summed E-state index contributed by atoms with van der Waals surface area (Å²) in [5, 5.41) is 8.84. The van der Waals surface area contributed by atoms with Crippen LogP contribution in [-0.2, 0) is 15.0 Å². The van der Waals surface area contributed by atoms with Gasteiger partial charge in [0, 0.05) is 12.3 Å². The molecule has 1 fully saturated rings. The van der Waals surface area contributed by atoms with Crippen molar-refractivity contribution in [2.45, 2.75) is 44.5 Å². The van der Waals surface area contributed by atoms with E-state index in [1.807, 2.05) is 13.8 Å². The second-order valence-electron chi connectivity index (χ2n) is 4.16. The predicted molar refractivity (Wildman–Crippen MR) is 71.6 cm³/mol. The van der Waals surface area contributed by atoms with Gasteiger partial charge in [-0.05, 0) is 12.8 Å². The maximum absolute atomic E-state index is 12.1. The van der Waals surface area contributed by atoms with E-state index in [-0.39, 0.29) is 5.37 Å². The highest BCUT2D eigenvalue weighted by Gasteiger charge is 2.45. The van der Waals surface area contributed by atoms with E-state index in [2.05, 4.69) is 4.72 Å². The molecule has 2 unspecified atom stereocenters. The quantitative estimate of drug-likeness (QED) is 0.727.